The topological polar surface area (TPSA) is 37.4 Å². The Balaban J connectivity index is 2.15. The molecule has 0 spiro atoms. The van der Waals surface area contributed by atoms with Gasteiger partial charge in [-0.25, -0.2) is 12.7 Å². The van der Waals surface area contributed by atoms with Crippen molar-refractivity contribution in [3.05, 3.63) is 29.8 Å². The first-order valence-electron chi connectivity index (χ1n) is 7.74. The summed E-state index contributed by atoms with van der Waals surface area (Å²) in [6.45, 7) is 4.12. The Morgan fingerprint density at radius 1 is 1.23 bits per heavy atom. The Kier molecular flexibility index (Phi) is 6.29. The minimum absolute atomic E-state index is 0.000610. The molecule has 1 heterocycles. The maximum absolute atomic E-state index is 12.9. The summed E-state index contributed by atoms with van der Waals surface area (Å²) in [6.07, 6.45) is 5.49. The van der Waals surface area contributed by atoms with E-state index in [0.717, 1.165) is 30.6 Å². The fourth-order valence-electron chi connectivity index (χ4n) is 2.57. The van der Waals surface area contributed by atoms with Crippen LogP contribution in [0.3, 0.4) is 0 Å². The predicted octanol–water partition coefficient (Wildman–Crippen LogP) is 4.36. The van der Waals surface area contributed by atoms with Crippen molar-refractivity contribution in [1.82, 2.24) is 4.31 Å². The third kappa shape index (κ3) is 4.03. The summed E-state index contributed by atoms with van der Waals surface area (Å²) < 4.78 is 27.7. The molecule has 6 heteroatoms. The van der Waals surface area contributed by atoms with Gasteiger partial charge in [-0.05, 0) is 25.5 Å². The molecule has 2 rings (SSSR count). The van der Waals surface area contributed by atoms with Gasteiger partial charge in [-0.2, -0.15) is 0 Å². The lowest BCUT2D eigenvalue weighted by Crippen LogP contribution is -2.38. The van der Waals surface area contributed by atoms with Crippen LogP contribution in [0.25, 0.3) is 0 Å². The highest BCUT2D eigenvalue weighted by atomic mass is 32.2. The van der Waals surface area contributed by atoms with E-state index in [1.54, 1.807) is 12.1 Å². The Morgan fingerprint density at radius 3 is 2.55 bits per heavy atom. The van der Waals surface area contributed by atoms with E-state index in [2.05, 4.69) is 6.92 Å². The van der Waals surface area contributed by atoms with Crippen molar-refractivity contribution >= 4 is 38.3 Å². The average molecular weight is 358 g/mol. The number of aryl methyl sites for hydroxylation is 1. The van der Waals surface area contributed by atoms with E-state index in [4.69, 9.17) is 12.2 Å². The van der Waals surface area contributed by atoms with E-state index in [1.807, 2.05) is 19.1 Å². The van der Waals surface area contributed by atoms with Crippen LogP contribution in [0, 0.1) is 6.92 Å². The van der Waals surface area contributed by atoms with Crippen LogP contribution in [0.4, 0.5) is 0 Å². The standard InChI is InChI=1S/C16H23NO2S3/c1-3-4-5-6-7-14-12-21-16(20)17(14)22(18,19)15-10-8-13(2)9-11-15/h8-11,14H,3-7,12H2,1-2H3. The highest BCUT2D eigenvalue weighted by Gasteiger charge is 2.38. The Labute approximate surface area is 143 Å². The van der Waals surface area contributed by atoms with Gasteiger partial charge in [0, 0.05) is 5.75 Å². The molecule has 1 unspecified atom stereocenters. The smallest absolute Gasteiger partial charge is 0.247 e. The van der Waals surface area contributed by atoms with Crippen LogP contribution in [-0.2, 0) is 10.0 Å². The number of hydrogen-bond donors (Lipinski definition) is 0. The zero-order chi connectivity index (χ0) is 16.2. The van der Waals surface area contributed by atoms with Gasteiger partial charge >= 0.3 is 0 Å². The number of benzene rings is 1. The lowest BCUT2D eigenvalue weighted by molar-refractivity contribution is 0.432. The molecule has 1 aromatic carbocycles. The second kappa shape index (κ2) is 7.79. The zero-order valence-corrected chi connectivity index (χ0v) is 15.6. The lowest BCUT2D eigenvalue weighted by atomic mass is 10.1. The fraction of sp³-hybridized carbons (Fsp3) is 0.562. The Hall–Kier alpha value is -0.590. The molecule has 0 bridgehead atoms. The van der Waals surface area contributed by atoms with Crippen LogP contribution in [0.2, 0.25) is 0 Å². The molecule has 1 saturated heterocycles. The molecule has 0 radical (unpaired) electrons. The largest absolute Gasteiger partial charge is 0.265 e. The van der Waals surface area contributed by atoms with E-state index < -0.39 is 10.0 Å². The zero-order valence-electron chi connectivity index (χ0n) is 13.1. The molecule has 122 valence electrons. The van der Waals surface area contributed by atoms with Gasteiger partial charge in [-0.15, -0.1) is 0 Å². The third-order valence-corrected chi connectivity index (χ3v) is 7.52. The van der Waals surface area contributed by atoms with Crippen LogP contribution in [0.5, 0.6) is 0 Å². The van der Waals surface area contributed by atoms with Gasteiger partial charge in [0.2, 0.25) is 0 Å². The highest BCUT2D eigenvalue weighted by molar-refractivity contribution is 8.24. The number of nitrogens with zero attached hydrogens (tertiary/aromatic N) is 1. The van der Waals surface area contributed by atoms with Crippen LogP contribution in [0.1, 0.15) is 44.6 Å². The van der Waals surface area contributed by atoms with Crippen molar-refractivity contribution in [2.75, 3.05) is 5.75 Å². The number of rotatable bonds is 7. The maximum Gasteiger partial charge on any atom is 0.265 e. The molecule has 1 aliphatic rings. The van der Waals surface area contributed by atoms with E-state index in [9.17, 15) is 8.42 Å². The van der Waals surface area contributed by atoms with Gasteiger partial charge in [-0.3, -0.25) is 0 Å². The van der Waals surface area contributed by atoms with Gasteiger partial charge in [0.15, 0.2) is 4.32 Å². The first-order chi connectivity index (χ1) is 10.5. The van der Waals surface area contributed by atoms with Crippen LogP contribution in [-0.4, -0.2) is 28.8 Å². The fourth-order valence-corrected chi connectivity index (χ4v) is 6.17. The highest BCUT2D eigenvalue weighted by Crippen LogP contribution is 2.33. The number of thioether (sulfide) groups is 1. The van der Waals surface area contributed by atoms with E-state index in [-0.39, 0.29) is 6.04 Å². The molecule has 1 aromatic rings. The van der Waals surface area contributed by atoms with E-state index in [1.165, 1.54) is 28.9 Å². The molecule has 0 aromatic heterocycles. The second-order valence-corrected chi connectivity index (χ2v) is 9.16. The number of unbranched alkanes of at least 4 members (excludes halogenated alkanes) is 3. The predicted molar refractivity (Wildman–Crippen MR) is 97.8 cm³/mol. The van der Waals surface area contributed by atoms with Gasteiger partial charge < -0.3 is 0 Å². The quantitative estimate of drug-likeness (QED) is 0.537. The van der Waals surface area contributed by atoms with Crippen molar-refractivity contribution in [2.24, 2.45) is 0 Å². The molecule has 1 aliphatic heterocycles. The summed E-state index contributed by atoms with van der Waals surface area (Å²) in [6, 6.07) is 7.00. The Morgan fingerprint density at radius 2 is 1.91 bits per heavy atom. The first-order valence-corrected chi connectivity index (χ1v) is 10.6. The maximum atomic E-state index is 12.9. The van der Waals surface area contributed by atoms with Gasteiger partial charge in [-0.1, -0.05) is 74.3 Å². The minimum atomic E-state index is -3.53. The molecule has 0 amide bonds. The molecule has 1 atom stereocenters. The molecular formula is C16H23NO2S3. The van der Waals surface area contributed by atoms with Crippen molar-refractivity contribution in [2.45, 2.75) is 56.9 Å². The molecule has 0 N–H and O–H groups in total. The van der Waals surface area contributed by atoms with E-state index in [0.29, 0.717) is 9.22 Å². The molecule has 3 nitrogen and oxygen atoms in total. The number of sulfonamides is 1. The van der Waals surface area contributed by atoms with Crippen molar-refractivity contribution < 1.29 is 8.42 Å². The van der Waals surface area contributed by atoms with E-state index >= 15 is 0 Å². The molecular weight excluding hydrogens is 334 g/mol. The summed E-state index contributed by atoms with van der Waals surface area (Å²) >= 11 is 6.78. The van der Waals surface area contributed by atoms with Gasteiger partial charge in [0.05, 0.1) is 10.9 Å². The lowest BCUT2D eigenvalue weighted by Gasteiger charge is -2.25. The van der Waals surface area contributed by atoms with Crippen LogP contribution in [0.15, 0.2) is 29.2 Å². The third-order valence-electron chi connectivity index (χ3n) is 3.88. The first kappa shape index (κ1) is 17.8. The summed E-state index contributed by atoms with van der Waals surface area (Å²) in [5.41, 5.74) is 1.05. The molecule has 0 saturated carbocycles. The summed E-state index contributed by atoms with van der Waals surface area (Å²) in [4.78, 5) is 0.335. The average Bonchev–Trinajstić information content (AvgIpc) is 2.86. The van der Waals surface area contributed by atoms with Crippen molar-refractivity contribution in [1.29, 1.82) is 0 Å². The summed E-state index contributed by atoms with van der Waals surface area (Å²) in [5, 5.41) is 0. The molecule has 0 aliphatic carbocycles. The monoisotopic (exact) mass is 357 g/mol. The summed E-state index contributed by atoms with van der Waals surface area (Å²) in [7, 11) is -3.53. The normalized spacial score (nSPS) is 18.9. The van der Waals surface area contributed by atoms with Crippen LogP contribution < -0.4 is 0 Å². The van der Waals surface area contributed by atoms with Gasteiger partial charge in [0.25, 0.3) is 10.0 Å². The summed E-state index contributed by atoms with van der Waals surface area (Å²) in [5.74, 6) is 0.774. The molecule has 22 heavy (non-hydrogen) atoms. The molecule has 1 fully saturated rings. The van der Waals surface area contributed by atoms with Crippen LogP contribution >= 0.6 is 24.0 Å². The SMILES string of the molecule is CCCCCCC1CSC(=S)N1S(=O)(=O)c1ccc(C)cc1. The van der Waals surface area contributed by atoms with Crippen molar-refractivity contribution in [3.63, 3.8) is 0 Å². The second-order valence-electron chi connectivity index (χ2n) is 5.69. The van der Waals surface area contributed by atoms with Crippen molar-refractivity contribution in [3.8, 4) is 0 Å². The Bertz CT molecular complexity index is 611. The number of thiocarbonyl (C=S) groups is 1. The van der Waals surface area contributed by atoms with Gasteiger partial charge in [0.1, 0.15) is 0 Å². The minimum Gasteiger partial charge on any atom is -0.247 e. The number of hydrogen-bond acceptors (Lipinski definition) is 4.